The molecule has 68 heavy (non-hydrogen) atoms. The summed E-state index contributed by atoms with van der Waals surface area (Å²) in [6.07, 6.45) is 87.6. The van der Waals surface area contributed by atoms with E-state index >= 15 is 0 Å². The summed E-state index contributed by atoms with van der Waals surface area (Å²) in [7, 11) is 0. The molecule has 1 unspecified atom stereocenters. The molecule has 1 N–H and O–H groups in total. The second-order valence-corrected chi connectivity index (χ2v) is 17.2. The predicted octanol–water partition coefficient (Wildman–Crippen LogP) is 18.4. The van der Waals surface area contributed by atoms with Gasteiger partial charge in [0.25, 0.3) is 0 Å². The summed E-state index contributed by atoms with van der Waals surface area (Å²) in [5.41, 5.74) is 0. The van der Waals surface area contributed by atoms with E-state index in [9.17, 15) is 14.7 Å². The van der Waals surface area contributed by atoms with Gasteiger partial charge in [0.2, 0.25) is 0 Å². The van der Waals surface area contributed by atoms with Crippen molar-refractivity contribution < 1.29 is 24.2 Å². The molecule has 0 heterocycles. The van der Waals surface area contributed by atoms with Gasteiger partial charge >= 0.3 is 11.9 Å². The molecule has 0 aromatic carbocycles. The molecule has 380 valence electrons. The third-order valence-corrected chi connectivity index (χ3v) is 10.8. The number of ether oxygens (including phenoxy) is 2. The molecule has 0 aromatic rings. The lowest BCUT2D eigenvalue weighted by Crippen LogP contribution is -2.28. The van der Waals surface area contributed by atoms with Crippen molar-refractivity contribution in [1.82, 2.24) is 0 Å². The van der Waals surface area contributed by atoms with Crippen LogP contribution in [0.4, 0.5) is 0 Å². The molecule has 0 bridgehead atoms. The maximum Gasteiger partial charge on any atom is 0.306 e. The molecule has 0 aliphatic heterocycles. The summed E-state index contributed by atoms with van der Waals surface area (Å²) >= 11 is 0. The third-order valence-electron chi connectivity index (χ3n) is 10.8. The standard InChI is InChI=1S/C63H98O5/c1-3-5-7-9-11-13-15-17-19-21-23-24-25-26-27-28-29-30-31-32-33-34-35-36-37-38-40-42-44-46-48-50-52-54-56-58-63(66)68-61(59-64)60-67-62(65)57-55-53-51-49-47-45-43-41-39-22-20-18-16-14-12-10-8-6-4-2/h5,7,11-14,17-20,23-24,26-27,29-30,32-33,35-36,38-41,44,46,61,64H,3-4,6,8-10,15-16,21-22,25,28,31,34,37,42-43,45,47-60H2,1-2H3/b7-5-,13-11-,14-12-,19-17-,20-18-,24-23-,27-26-,30-29-,33-32-,36-35-,40-38-,41-39-,46-44-. The summed E-state index contributed by atoms with van der Waals surface area (Å²) < 4.78 is 10.7. The Hall–Kier alpha value is -4.48. The lowest BCUT2D eigenvalue weighted by Gasteiger charge is -2.15. The highest BCUT2D eigenvalue weighted by atomic mass is 16.6. The Morgan fingerprint density at radius 1 is 0.353 bits per heavy atom. The van der Waals surface area contributed by atoms with Crippen LogP contribution in [-0.4, -0.2) is 36.4 Å². The van der Waals surface area contributed by atoms with E-state index in [4.69, 9.17) is 9.47 Å². The zero-order valence-electron chi connectivity index (χ0n) is 43.3. The zero-order valence-corrected chi connectivity index (χ0v) is 43.3. The monoisotopic (exact) mass is 935 g/mol. The lowest BCUT2D eigenvalue weighted by molar-refractivity contribution is -0.161. The van der Waals surface area contributed by atoms with Crippen molar-refractivity contribution in [3.05, 3.63) is 158 Å². The van der Waals surface area contributed by atoms with Crippen molar-refractivity contribution in [2.24, 2.45) is 0 Å². The van der Waals surface area contributed by atoms with Crippen molar-refractivity contribution in [3.8, 4) is 0 Å². The van der Waals surface area contributed by atoms with Gasteiger partial charge < -0.3 is 14.6 Å². The fraction of sp³-hybridized carbons (Fsp3) is 0.556. The SMILES string of the molecule is CC/C=C\C/C=C\C/C=C\C/C=C\C/C=C\C/C=C\C/C=C\C/C=C\C/C=C\C/C=C\CCCCCCC(=O)OC(CO)COC(=O)CCCCCCCC/C=C\C/C=C\C/C=C\CCCCC. The number of allylic oxidation sites excluding steroid dienone is 26. The highest BCUT2D eigenvalue weighted by molar-refractivity contribution is 5.70. The van der Waals surface area contributed by atoms with E-state index < -0.39 is 6.10 Å². The van der Waals surface area contributed by atoms with E-state index in [1.165, 1.54) is 44.9 Å². The Labute approximate surface area is 418 Å². The molecular formula is C63H98O5. The minimum absolute atomic E-state index is 0.0940. The first-order valence-electron chi connectivity index (χ1n) is 27.0. The van der Waals surface area contributed by atoms with Gasteiger partial charge in [0.15, 0.2) is 6.10 Å². The molecule has 0 aliphatic rings. The van der Waals surface area contributed by atoms with E-state index in [-0.39, 0.29) is 25.2 Å². The normalized spacial score (nSPS) is 13.5. The lowest BCUT2D eigenvalue weighted by atomic mass is 10.1. The second kappa shape index (κ2) is 56.8. The maximum atomic E-state index is 12.3. The predicted molar refractivity (Wildman–Crippen MR) is 297 cm³/mol. The minimum atomic E-state index is -0.804. The van der Waals surface area contributed by atoms with Crippen molar-refractivity contribution in [2.75, 3.05) is 13.2 Å². The van der Waals surface area contributed by atoms with Crippen LogP contribution in [0.3, 0.4) is 0 Å². The molecule has 1 atom stereocenters. The number of unbranched alkanes of at least 4 members (excludes halogenated alkanes) is 13. The molecular weight excluding hydrogens is 837 g/mol. The largest absolute Gasteiger partial charge is 0.462 e. The maximum absolute atomic E-state index is 12.3. The number of hydrogen-bond donors (Lipinski definition) is 1. The molecule has 0 fully saturated rings. The molecule has 0 saturated carbocycles. The molecule has 0 aromatic heterocycles. The quantitative estimate of drug-likeness (QED) is 0.0374. The molecule has 0 saturated heterocycles. The van der Waals surface area contributed by atoms with E-state index in [0.29, 0.717) is 12.8 Å². The Morgan fingerprint density at radius 3 is 0.956 bits per heavy atom. The third kappa shape index (κ3) is 54.1. The van der Waals surface area contributed by atoms with Gasteiger partial charge in [-0.2, -0.15) is 0 Å². The summed E-state index contributed by atoms with van der Waals surface area (Å²) in [5.74, 6) is -0.647. The molecule has 0 aliphatic carbocycles. The topological polar surface area (TPSA) is 72.8 Å². The Bertz CT molecular complexity index is 1520. The highest BCUT2D eigenvalue weighted by Crippen LogP contribution is 2.12. The van der Waals surface area contributed by atoms with E-state index in [2.05, 4.69) is 172 Å². The molecule has 5 nitrogen and oxygen atoms in total. The fourth-order valence-corrected chi connectivity index (χ4v) is 6.76. The van der Waals surface area contributed by atoms with E-state index in [0.717, 1.165) is 135 Å². The Morgan fingerprint density at radius 2 is 0.632 bits per heavy atom. The molecule has 0 rings (SSSR count). The van der Waals surface area contributed by atoms with E-state index in [1.807, 2.05) is 0 Å². The van der Waals surface area contributed by atoms with Crippen LogP contribution >= 0.6 is 0 Å². The summed E-state index contributed by atoms with van der Waals surface area (Å²) in [6.45, 7) is 3.95. The number of aliphatic hydroxyl groups excluding tert-OH is 1. The Balaban J connectivity index is 3.69. The van der Waals surface area contributed by atoms with Gasteiger partial charge in [0.1, 0.15) is 6.61 Å². The second-order valence-electron chi connectivity index (χ2n) is 17.2. The molecule has 0 amide bonds. The van der Waals surface area contributed by atoms with Crippen molar-refractivity contribution in [1.29, 1.82) is 0 Å². The van der Waals surface area contributed by atoms with Crippen LogP contribution in [0, 0.1) is 0 Å². The zero-order chi connectivity index (χ0) is 49.2. The van der Waals surface area contributed by atoms with Crippen molar-refractivity contribution >= 4 is 11.9 Å². The van der Waals surface area contributed by atoms with Gasteiger partial charge in [0.05, 0.1) is 6.61 Å². The van der Waals surface area contributed by atoms with Crippen LogP contribution in [0.5, 0.6) is 0 Å². The summed E-state index contributed by atoms with van der Waals surface area (Å²) in [4.78, 5) is 24.5. The first kappa shape index (κ1) is 63.5. The average Bonchev–Trinajstić information content (AvgIpc) is 3.34. The van der Waals surface area contributed by atoms with Gasteiger partial charge in [-0.15, -0.1) is 0 Å². The van der Waals surface area contributed by atoms with Gasteiger partial charge in [-0.3, -0.25) is 9.59 Å². The first-order valence-corrected chi connectivity index (χ1v) is 27.0. The summed E-state index contributed by atoms with van der Waals surface area (Å²) in [5, 5.41) is 9.63. The first-order chi connectivity index (χ1) is 33.6. The number of aliphatic hydroxyl groups is 1. The number of esters is 2. The molecule has 5 heteroatoms. The Kier molecular flexibility index (Phi) is 53.1. The molecule has 0 spiro atoms. The summed E-state index contributed by atoms with van der Waals surface area (Å²) in [6, 6.07) is 0. The van der Waals surface area contributed by atoms with Crippen LogP contribution in [-0.2, 0) is 19.1 Å². The smallest absolute Gasteiger partial charge is 0.306 e. The van der Waals surface area contributed by atoms with Crippen molar-refractivity contribution in [2.45, 2.75) is 213 Å². The number of carbonyl (C=O) groups is 2. The fourth-order valence-electron chi connectivity index (χ4n) is 6.76. The minimum Gasteiger partial charge on any atom is -0.462 e. The van der Waals surface area contributed by atoms with E-state index in [1.54, 1.807) is 0 Å². The highest BCUT2D eigenvalue weighted by Gasteiger charge is 2.16. The van der Waals surface area contributed by atoms with Gasteiger partial charge in [-0.05, 0) is 128 Å². The van der Waals surface area contributed by atoms with Crippen molar-refractivity contribution in [3.63, 3.8) is 0 Å². The number of hydrogen-bond acceptors (Lipinski definition) is 5. The number of rotatable bonds is 47. The van der Waals surface area contributed by atoms with Crippen LogP contribution in [0.15, 0.2) is 158 Å². The van der Waals surface area contributed by atoms with Crippen LogP contribution in [0.2, 0.25) is 0 Å². The van der Waals surface area contributed by atoms with Crippen LogP contribution in [0.25, 0.3) is 0 Å². The van der Waals surface area contributed by atoms with Crippen LogP contribution < -0.4 is 0 Å². The van der Waals surface area contributed by atoms with Gasteiger partial charge in [-0.1, -0.05) is 223 Å². The van der Waals surface area contributed by atoms with Gasteiger partial charge in [-0.25, -0.2) is 0 Å². The average molecular weight is 935 g/mol. The van der Waals surface area contributed by atoms with Crippen LogP contribution in [0.1, 0.15) is 206 Å². The molecule has 0 radical (unpaired) electrons. The van der Waals surface area contributed by atoms with Gasteiger partial charge in [0, 0.05) is 12.8 Å². The number of carbonyl (C=O) groups excluding carboxylic acids is 2.